The molecule has 0 aliphatic heterocycles. The van der Waals surface area contributed by atoms with E-state index in [1.165, 1.54) is 12.8 Å². The van der Waals surface area contributed by atoms with Crippen molar-refractivity contribution in [3.63, 3.8) is 0 Å². The monoisotopic (exact) mass is 494 g/mol. The van der Waals surface area contributed by atoms with Crippen LogP contribution in [0.3, 0.4) is 0 Å². The molecular formula is C26H34N6O2S. The van der Waals surface area contributed by atoms with Crippen LogP contribution in [-0.4, -0.2) is 54.4 Å². The van der Waals surface area contributed by atoms with Crippen LogP contribution in [0.5, 0.6) is 0 Å². The Bertz CT molecular complexity index is 1230. The molecule has 3 aromatic rings. The summed E-state index contributed by atoms with van der Waals surface area (Å²) in [5.41, 5.74) is 2.73. The number of aliphatic hydroxyl groups excluding tert-OH is 1. The molecule has 9 heteroatoms. The van der Waals surface area contributed by atoms with E-state index in [4.69, 9.17) is 15.0 Å². The van der Waals surface area contributed by atoms with E-state index in [0.717, 1.165) is 83.5 Å². The summed E-state index contributed by atoms with van der Waals surface area (Å²) in [6.45, 7) is 2.49. The predicted molar refractivity (Wildman–Crippen MR) is 139 cm³/mol. The van der Waals surface area contributed by atoms with Crippen LogP contribution in [0.4, 0.5) is 11.8 Å². The van der Waals surface area contributed by atoms with Crippen molar-refractivity contribution >= 4 is 33.3 Å². The van der Waals surface area contributed by atoms with Gasteiger partial charge in [0, 0.05) is 18.7 Å². The van der Waals surface area contributed by atoms with E-state index in [-0.39, 0.29) is 12.1 Å². The van der Waals surface area contributed by atoms with Gasteiger partial charge in [-0.15, -0.1) is 11.3 Å². The number of anilines is 2. The second-order valence-electron chi connectivity index (χ2n) is 10.7. The molecule has 0 spiro atoms. The third-order valence-electron chi connectivity index (χ3n) is 7.96. The van der Waals surface area contributed by atoms with Gasteiger partial charge in [-0.25, -0.2) is 9.97 Å². The van der Waals surface area contributed by atoms with Gasteiger partial charge in [-0.2, -0.15) is 4.98 Å². The van der Waals surface area contributed by atoms with Crippen LogP contribution < -0.4 is 10.6 Å². The highest BCUT2D eigenvalue weighted by Gasteiger charge is 2.36. The first-order valence-corrected chi connectivity index (χ1v) is 13.8. The Morgan fingerprint density at radius 2 is 1.80 bits per heavy atom. The number of hydrogen-bond donors (Lipinski definition) is 4. The Morgan fingerprint density at radius 3 is 2.51 bits per heavy atom. The van der Waals surface area contributed by atoms with Gasteiger partial charge in [0.2, 0.25) is 5.95 Å². The van der Waals surface area contributed by atoms with Crippen LogP contribution in [-0.2, 0) is 0 Å². The molecule has 186 valence electrons. The van der Waals surface area contributed by atoms with E-state index in [1.54, 1.807) is 11.3 Å². The van der Waals surface area contributed by atoms with Crippen LogP contribution in [0.25, 0.3) is 20.8 Å². The average molecular weight is 495 g/mol. The van der Waals surface area contributed by atoms with E-state index in [0.29, 0.717) is 24.2 Å². The number of aliphatic hydroxyl groups is 2. The highest BCUT2D eigenvalue weighted by Crippen LogP contribution is 2.45. The molecule has 3 aromatic heterocycles. The molecule has 8 nitrogen and oxygen atoms in total. The van der Waals surface area contributed by atoms with Gasteiger partial charge in [-0.3, -0.25) is 4.98 Å². The summed E-state index contributed by atoms with van der Waals surface area (Å²) in [5.74, 6) is 1.73. The molecular weight excluding hydrogens is 460 g/mol. The molecule has 0 atom stereocenters. The van der Waals surface area contributed by atoms with Crippen molar-refractivity contribution in [2.45, 2.75) is 88.2 Å². The highest BCUT2D eigenvalue weighted by molar-refractivity contribution is 7.21. The highest BCUT2D eigenvalue weighted by atomic mass is 32.1. The molecule has 0 amide bonds. The molecule has 4 N–H and O–H groups in total. The lowest BCUT2D eigenvalue weighted by Gasteiger charge is -2.30. The minimum atomic E-state index is -0.694. The molecule has 3 aliphatic rings. The fourth-order valence-corrected chi connectivity index (χ4v) is 6.78. The summed E-state index contributed by atoms with van der Waals surface area (Å²) in [6, 6.07) is 2.04. The minimum absolute atomic E-state index is 0.0631. The summed E-state index contributed by atoms with van der Waals surface area (Å²) in [5, 5.41) is 28.9. The summed E-state index contributed by atoms with van der Waals surface area (Å²) in [7, 11) is 0. The molecule has 35 heavy (non-hydrogen) atoms. The number of pyridine rings is 1. The normalized spacial score (nSPS) is 21.0. The molecule has 0 radical (unpaired) electrons. The SMILES string of the molecule is Cc1nc(NCC2(O)CCCC2)nc(NC2(CO)CCCC2)c1-c1nc2c(C3CC3)nccc2s1. The van der Waals surface area contributed by atoms with E-state index < -0.39 is 5.60 Å². The van der Waals surface area contributed by atoms with Crippen molar-refractivity contribution in [2.24, 2.45) is 0 Å². The Morgan fingerprint density at radius 1 is 1.06 bits per heavy atom. The zero-order chi connectivity index (χ0) is 24.0. The molecule has 6 rings (SSSR count). The van der Waals surface area contributed by atoms with Crippen LogP contribution in [0.15, 0.2) is 12.3 Å². The number of nitrogens with zero attached hydrogens (tertiary/aromatic N) is 4. The second-order valence-corrected chi connectivity index (χ2v) is 11.8. The number of aryl methyl sites for hydroxylation is 1. The van der Waals surface area contributed by atoms with Crippen LogP contribution in [0.2, 0.25) is 0 Å². The molecule has 3 aliphatic carbocycles. The summed E-state index contributed by atoms with van der Waals surface area (Å²) in [6.07, 6.45) is 12.0. The Balaban J connectivity index is 1.40. The van der Waals surface area contributed by atoms with Gasteiger partial charge in [-0.05, 0) is 51.5 Å². The van der Waals surface area contributed by atoms with Crippen molar-refractivity contribution in [1.29, 1.82) is 0 Å². The second kappa shape index (κ2) is 8.94. The molecule has 0 bridgehead atoms. The van der Waals surface area contributed by atoms with Crippen molar-refractivity contribution in [3.8, 4) is 10.6 Å². The summed E-state index contributed by atoms with van der Waals surface area (Å²) < 4.78 is 1.13. The van der Waals surface area contributed by atoms with Gasteiger partial charge in [0.1, 0.15) is 16.3 Å². The van der Waals surface area contributed by atoms with Crippen LogP contribution in [0.1, 0.15) is 81.5 Å². The Kier molecular flexibility index (Phi) is 5.89. The van der Waals surface area contributed by atoms with E-state index in [9.17, 15) is 10.2 Å². The first-order valence-electron chi connectivity index (χ1n) is 13.0. The zero-order valence-corrected chi connectivity index (χ0v) is 21.1. The first-order chi connectivity index (χ1) is 17.0. The number of thiazole rings is 1. The third-order valence-corrected chi connectivity index (χ3v) is 9.00. The molecule has 3 saturated carbocycles. The lowest BCUT2D eigenvalue weighted by atomic mass is 9.98. The third kappa shape index (κ3) is 4.49. The first kappa shape index (κ1) is 23.1. The molecule has 0 unspecified atom stereocenters. The molecule has 3 heterocycles. The maximum atomic E-state index is 10.8. The van der Waals surface area contributed by atoms with Gasteiger partial charge in [0.05, 0.1) is 39.4 Å². The van der Waals surface area contributed by atoms with Gasteiger partial charge in [0.15, 0.2) is 0 Å². The minimum Gasteiger partial charge on any atom is -0.394 e. The Hall–Kier alpha value is -2.36. The van der Waals surface area contributed by atoms with Gasteiger partial charge < -0.3 is 20.8 Å². The fourth-order valence-electron chi connectivity index (χ4n) is 5.71. The van der Waals surface area contributed by atoms with Crippen LogP contribution in [0, 0.1) is 6.92 Å². The number of fused-ring (bicyclic) bond motifs is 1. The smallest absolute Gasteiger partial charge is 0.225 e. The number of rotatable bonds is 8. The lowest BCUT2D eigenvalue weighted by Crippen LogP contribution is -2.40. The largest absolute Gasteiger partial charge is 0.394 e. The van der Waals surface area contributed by atoms with Gasteiger partial charge in [0.25, 0.3) is 0 Å². The average Bonchev–Trinajstić information content (AvgIpc) is 3.22. The molecule has 0 aromatic carbocycles. The van der Waals surface area contributed by atoms with Crippen molar-refractivity contribution in [1.82, 2.24) is 19.9 Å². The van der Waals surface area contributed by atoms with Crippen LogP contribution >= 0.6 is 11.3 Å². The summed E-state index contributed by atoms with van der Waals surface area (Å²) in [4.78, 5) is 19.4. The Labute approximate surface area is 209 Å². The van der Waals surface area contributed by atoms with Crippen molar-refractivity contribution in [2.75, 3.05) is 23.8 Å². The topological polar surface area (TPSA) is 116 Å². The van der Waals surface area contributed by atoms with Gasteiger partial charge >= 0.3 is 0 Å². The van der Waals surface area contributed by atoms with Crippen molar-refractivity contribution < 1.29 is 10.2 Å². The molecule has 3 fully saturated rings. The van der Waals surface area contributed by atoms with Crippen molar-refractivity contribution in [3.05, 3.63) is 23.7 Å². The fraction of sp³-hybridized carbons (Fsp3) is 0.615. The number of nitrogens with one attached hydrogen (secondary N) is 2. The number of hydrogen-bond acceptors (Lipinski definition) is 9. The lowest BCUT2D eigenvalue weighted by molar-refractivity contribution is 0.0613. The summed E-state index contributed by atoms with van der Waals surface area (Å²) >= 11 is 1.65. The van der Waals surface area contributed by atoms with E-state index >= 15 is 0 Å². The van der Waals surface area contributed by atoms with E-state index in [2.05, 4.69) is 15.6 Å². The predicted octanol–water partition coefficient (Wildman–Crippen LogP) is 4.77. The quantitative estimate of drug-likeness (QED) is 0.354. The van der Waals surface area contributed by atoms with E-state index in [1.807, 2.05) is 19.2 Å². The zero-order valence-electron chi connectivity index (χ0n) is 20.3. The number of aromatic nitrogens is 4. The maximum Gasteiger partial charge on any atom is 0.225 e. The molecule has 0 saturated heterocycles. The maximum absolute atomic E-state index is 10.8. The standard InChI is InChI=1S/C26H34N6O2S/c1-16-19(23-30-21-18(35-23)8-13-27-20(21)17-6-7-17)22(32-25(15-33)9-2-3-10-25)31-24(29-16)28-14-26(34)11-4-5-12-26/h8,13,17,33-34H,2-7,9-12,14-15H2,1H3,(H2,28,29,31,32). The van der Waals surface area contributed by atoms with Gasteiger partial charge in [-0.1, -0.05) is 25.7 Å².